The van der Waals surface area contributed by atoms with E-state index in [2.05, 4.69) is 10.5 Å². The Morgan fingerprint density at radius 1 is 1.19 bits per heavy atom. The summed E-state index contributed by atoms with van der Waals surface area (Å²) in [6.45, 7) is 5.66. The molecule has 1 fully saturated rings. The first-order valence-corrected chi connectivity index (χ1v) is 13.4. The van der Waals surface area contributed by atoms with Crippen LogP contribution < -0.4 is 5.32 Å². The van der Waals surface area contributed by atoms with Crippen LogP contribution in [-0.2, 0) is 14.7 Å². The van der Waals surface area contributed by atoms with Crippen LogP contribution in [0.3, 0.4) is 0 Å². The van der Waals surface area contributed by atoms with E-state index >= 15 is 0 Å². The molecule has 0 aromatic heterocycles. The van der Waals surface area contributed by atoms with E-state index in [9.17, 15) is 26.4 Å². The van der Waals surface area contributed by atoms with Crippen molar-refractivity contribution in [3.63, 3.8) is 0 Å². The maximum atomic E-state index is 13.9. The minimum Gasteiger partial charge on any atom is -0.389 e. The minimum absolute atomic E-state index is 0.0363. The third kappa shape index (κ3) is 5.11. The molecule has 1 aliphatic heterocycles. The Morgan fingerprint density at radius 3 is 2.47 bits per heavy atom. The van der Waals surface area contributed by atoms with E-state index in [1.807, 2.05) is 20.8 Å². The molecule has 1 aliphatic carbocycles. The number of halogens is 4. The highest BCUT2D eigenvalue weighted by Crippen LogP contribution is 2.45. The monoisotopic (exact) mass is 542 g/mol. The second-order valence-corrected chi connectivity index (χ2v) is 12.4. The Balaban J connectivity index is 1.61. The maximum Gasteiger partial charge on any atom is 0.255 e. The Kier molecular flexibility index (Phi) is 7.13. The van der Waals surface area contributed by atoms with Crippen molar-refractivity contribution in [3.05, 3.63) is 58.4 Å². The minimum atomic E-state index is -3.97. The Morgan fingerprint density at radius 2 is 1.86 bits per heavy atom. The fraction of sp³-hybridized carbons (Fsp3) is 0.440. The average Bonchev–Trinajstić information content (AvgIpc) is 3.33. The number of anilines is 1. The molecule has 0 radical (unpaired) electrons. The van der Waals surface area contributed by atoms with Crippen LogP contribution in [0.1, 0.15) is 56.8 Å². The fourth-order valence-electron chi connectivity index (χ4n) is 5.35. The van der Waals surface area contributed by atoms with Crippen molar-refractivity contribution in [1.29, 1.82) is 0 Å². The molecular weight excluding hydrogens is 517 g/mol. The summed E-state index contributed by atoms with van der Waals surface area (Å²) in [5, 5.41) is 5.50. The molecule has 1 saturated carbocycles. The molecule has 4 rings (SSSR count). The molecule has 2 aromatic carbocycles. The van der Waals surface area contributed by atoms with Crippen LogP contribution in [0.15, 0.2) is 40.4 Å². The van der Waals surface area contributed by atoms with Crippen molar-refractivity contribution >= 4 is 38.7 Å². The molecule has 2 aliphatic rings. The summed E-state index contributed by atoms with van der Waals surface area (Å²) >= 11 is 6.30. The highest BCUT2D eigenvalue weighted by atomic mass is 35.5. The van der Waals surface area contributed by atoms with Crippen LogP contribution in [0, 0.1) is 29.3 Å². The van der Waals surface area contributed by atoms with Gasteiger partial charge in [-0.15, -0.1) is 0 Å². The zero-order valence-corrected chi connectivity index (χ0v) is 21.5. The lowest BCUT2D eigenvalue weighted by molar-refractivity contribution is -0.0210. The molecule has 0 bridgehead atoms. The van der Waals surface area contributed by atoms with Gasteiger partial charge in [-0.3, -0.25) is 4.79 Å². The van der Waals surface area contributed by atoms with Gasteiger partial charge in [-0.2, -0.15) is 0 Å². The van der Waals surface area contributed by atoms with Crippen molar-refractivity contribution in [3.8, 4) is 0 Å². The van der Waals surface area contributed by atoms with E-state index in [4.69, 9.17) is 16.4 Å². The number of carbonyl (C=O) groups excluding carboxylic acids is 1. The molecule has 2 aromatic rings. The van der Waals surface area contributed by atoms with Gasteiger partial charge in [0, 0.05) is 29.8 Å². The highest BCUT2D eigenvalue weighted by Gasteiger charge is 2.48. The molecule has 36 heavy (non-hydrogen) atoms. The molecule has 1 N–H and O–H groups in total. The Hall–Kier alpha value is -2.59. The largest absolute Gasteiger partial charge is 0.389 e. The first-order chi connectivity index (χ1) is 16.8. The van der Waals surface area contributed by atoms with Crippen LogP contribution in [0.25, 0.3) is 0 Å². The van der Waals surface area contributed by atoms with Crippen LogP contribution in [0.2, 0.25) is 5.02 Å². The second kappa shape index (κ2) is 9.70. The topological polar surface area (TPSA) is 84.8 Å². The number of oxime groups is 1. The molecule has 1 amide bonds. The van der Waals surface area contributed by atoms with E-state index < -0.39 is 44.0 Å². The number of benzene rings is 2. The summed E-state index contributed by atoms with van der Waals surface area (Å²) in [6, 6.07) is 5.02. The van der Waals surface area contributed by atoms with Crippen molar-refractivity contribution in [2.75, 3.05) is 5.32 Å². The first-order valence-electron chi connectivity index (χ1n) is 11.5. The maximum absolute atomic E-state index is 13.9. The number of nitrogens with zero attached hydrogens (tertiary/aromatic N) is 1. The lowest BCUT2D eigenvalue weighted by atomic mass is 9.87. The van der Waals surface area contributed by atoms with Gasteiger partial charge in [0.05, 0.1) is 20.9 Å². The summed E-state index contributed by atoms with van der Waals surface area (Å²) in [4.78, 5) is 18.2. The molecule has 6 nitrogen and oxygen atoms in total. The summed E-state index contributed by atoms with van der Waals surface area (Å²) in [5.74, 6) is -5.77. The summed E-state index contributed by atoms with van der Waals surface area (Å²) in [6.07, 6.45) is 2.53. The van der Waals surface area contributed by atoms with Crippen LogP contribution in [0.4, 0.5) is 18.9 Å². The van der Waals surface area contributed by atoms with Gasteiger partial charge in [0.2, 0.25) is 0 Å². The molecule has 2 unspecified atom stereocenters. The highest BCUT2D eigenvalue weighted by molar-refractivity contribution is 7.92. The molecule has 4 atom stereocenters. The predicted octanol–water partition coefficient (Wildman–Crippen LogP) is 6.14. The smallest absolute Gasteiger partial charge is 0.255 e. The van der Waals surface area contributed by atoms with Gasteiger partial charge in [0.25, 0.3) is 5.91 Å². The standard InChI is InChI=1S/C25H26ClF3N2O4S/c1-13-4-5-16(12-25(3)11-14(2)31-35-25)23(13)36(33,34)21-8-15(6-7-18(21)26)24(32)30-17-9-19(27)22(29)20(28)10-17/h6-10,13,16,23H,4-5,11-12H2,1-3H3,(H,30,32)/t13?,16-,23?,25+/m0/s1. The number of nitrogens with one attached hydrogen (secondary N) is 1. The van der Waals surface area contributed by atoms with E-state index in [1.54, 1.807) is 0 Å². The number of amides is 1. The Labute approximate surface area is 212 Å². The Bertz CT molecular complexity index is 1330. The van der Waals surface area contributed by atoms with Crippen molar-refractivity contribution in [2.24, 2.45) is 17.0 Å². The van der Waals surface area contributed by atoms with Crippen LogP contribution >= 0.6 is 11.6 Å². The fourth-order valence-corrected chi connectivity index (χ4v) is 8.20. The lowest BCUT2D eigenvalue weighted by Gasteiger charge is -2.30. The zero-order valence-electron chi connectivity index (χ0n) is 19.9. The van der Waals surface area contributed by atoms with E-state index in [1.165, 1.54) is 12.1 Å². The summed E-state index contributed by atoms with van der Waals surface area (Å²) < 4.78 is 68.0. The van der Waals surface area contributed by atoms with E-state index in [0.717, 1.165) is 11.8 Å². The quantitative estimate of drug-likeness (QED) is 0.444. The second-order valence-electron chi connectivity index (χ2n) is 9.93. The zero-order chi connectivity index (χ0) is 26.4. The molecule has 0 spiro atoms. The van der Waals surface area contributed by atoms with Crippen molar-refractivity contribution in [2.45, 2.75) is 62.2 Å². The van der Waals surface area contributed by atoms with E-state index in [-0.39, 0.29) is 33.0 Å². The van der Waals surface area contributed by atoms with Gasteiger partial charge in [0.15, 0.2) is 27.3 Å². The first kappa shape index (κ1) is 26.5. The van der Waals surface area contributed by atoms with Gasteiger partial charge in [-0.25, -0.2) is 21.6 Å². The number of carbonyl (C=O) groups is 1. The normalized spacial score (nSPS) is 26.0. The van der Waals surface area contributed by atoms with E-state index in [0.29, 0.717) is 37.8 Å². The van der Waals surface area contributed by atoms with Crippen LogP contribution in [-0.4, -0.2) is 30.9 Å². The summed E-state index contributed by atoms with van der Waals surface area (Å²) in [7, 11) is -3.97. The van der Waals surface area contributed by atoms with Crippen molar-refractivity contribution < 1.29 is 31.2 Å². The van der Waals surface area contributed by atoms with Gasteiger partial charge in [-0.1, -0.05) is 23.7 Å². The number of hydrogen-bond donors (Lipinski definition) is 1. The molecule has 11 heteroatoms. The third-order valence-corrected chi connectivity index (χ3v) is 9.82. The number of hydrogen-bond acceptors (Lipinski definition) is 5. The molecular formula is C25H26ClF3N2O4S. The van der Waals surface area contributed by atoms with Crippen molar-refractivity contribution in [1.82, 2.24) is 0 Å². The summed E-state index contributed by atoms with van der Waals surface area (Å²) in [5.41, 5.74) is -0.133. The van der Waals surface area contributed by atoms with Gasteiger partial charge < -0.3 is 10.2 Å². The average molecular weight is 543 g/mol. The van der Waals surface area contributed by atoms with Crippen LogP contribution in [0.5, 0.6) is 0 Å². The van der Waals surface area contributed by atoms with Gasteiger partial charge in [0.1, 0.15) is 5.60 Å². The number of sulfone groups is 1. The SMILES string of the molecule is CC1=NO[C@@](C)(C[C@@H]2CCC(C)C2S(=O)(=O)c2cc(C(=O)Nc3cc(F)c(F)c(F)c3)ccc2Cl)C1. The lowest BCUT2D eigenvalue weighted by Crippen LogP contribution is -2.36. The third-order valence-electron chi connectivity index (χ3n) is 6.86. The van der Waals surface area contributed by atoms with Gasteiger partial charge >= 0.3 is 0 Å². The number of rotatable bonds is 6. The molecule has 0 saturated heterocycles. The molecule has 194 valence electrons. The predicted molar refractivity (Wildman–Crippen MR) is 130 cm³/mol. The van der Waals surface area contributed by atoms with Gasteiger partial charge in [-0.05, 0) is 63.1 Å². The molecule has 1 heterocycles.